The van der Waals surface area contributed by atoms with E-state index in [-0.39, 0.29) is 15.0 Å². The lowest BCUT2D eigenvalue weighted by atomic mass is 10.3. The van der Waals surface area contributed by atoms with E-state index in [9.17, 15) is 21.6 Å². The topological polar surface area (TPSA) is 63.4 Å². The second-order valence-corrected chi connectivity index (χ2v) is 6.01. The molecule has 0 aromatic heterocycles. The van der Waals surface area contributed by atoms with Crippen LogP contribution in [-0.2, 0) is 10.0 Å². The average Bonchev–Trinajstić information content (AvgIpc) is 2.13. The maximum atomic E-state index is 12.2. The summed E-state index contributed by atoms with van der Waals surface area (Å²) in [5, 5.41) is 0.199. The van der Waals surface area contributed by atoms with E-state index < -0.39 is 27.6 Å². The van der Waals surface area contributed by atoms with Gasteiger partial charge in [-0.2, -0.15) is 17.5 Å². The molecular weight excluding hydrogens is 293 g/mol. The van der Waals surface area contributed by atoms with Crippen molar-refractivity contribution in [3.05, 3.63) is 23.2 Å². The molecule has 1 rings (SSSR count). The van der Waals surface area contributed by atoms with Crippen LogP contribution in [0.2, 0.25) is 5.02 Å². The Balaban J connectivity index is 3.14. The van der Waals surface area contributed by atoms with Crippen molar-refractivity contribution in [2.75, 3.05) is 19.3 Å². The predicted molar refractivity (Wildman–Crippen MR) is 61.7 cm³/mol. The molecule has 9 heteroatoms. The van der Waals surface area contributed by atoms with E-state index >= 15 is 0 Å². The molecule has 0 saturated heterocycles. The SMILES string of the molecule is CN(CC(F)(F)F)S(=O)(=O)c1ccc(Cl)cc1N. The second kappa shape index (κ2) is 4.94. The van der Waals surface area contributed by atoms with Crippen molar-refractivity contribution in [2.45, 2.75) is 11.1 Å². The van der Waals surface area contributed by atoms with Crippen molar-refractivity contribution < 1.29 is 21.6 Å². The first-order valence-corrected chi connectivity index (χ1v) is 6.44. The number of anilines is 1. The number of nitrogens with two attached hydrogens (primary N) is 1. The summed E-state index contributed by atoms with van der Waals surface area (Å²) in [4.78, 5) is -0.404. The lowest BCUT2D eigenvalue weighted by molar-refractivity contribution is -0.134. The second-order valence-electron chi connectivity index (χ2n) is 3.56. The quantitative estimate of drug-likeness (QED) is 0.870. The van der Waals surface area contributed by atoms with Crippen LogP contribution in [0.5, 0.6) is 0 Å². The molecule has 4 nitrogen and oxygen atoms in total. The maximum Gasteiger partial charge on any atom is 0.402 e. The number of rotatable bonds is 3. The molecule has 0 radical (unpaired) electrons. The van der Waals surface area contributed by atoms with Crippen molar-refractivity contribution in [1.82, 2.24) is 4.31 Å². The minimum Gasteiger partial charge on any atom is -0.398 e. The molecule has 0 aliphatic carbocycles. The van der Waals surface area contributed by atoms with Crippen molar-refractivity contribution in [1.29, 1.82) is 0 Å². The molecule has 18 heavy (non-hydrogen) atoms. The lowest BCUT2D eigenvalue weighted by Gasteiger charge is -2.19. The minimum absolute atomic E-state index is 0.187. The third kappa shape index (κ3) is 3.50. The number of nitrogens with zero attached hydrogens (tertiary/aromatic N) is 1. The van der Waals surface area contributed by atoms with E-state index in [0.717, 1.165) is 19.2 Å². The molecule has 0 amide bonds. The summed E-state index contributed by atoms with van der Waals surface area (Å²) < 4.78 is 60.4. The highest BCUT2D eigenvalue weighted by Crippen LogP contribution is 2.26. The van der Waals surface area contributed by atoms with Crippen molar-refractivity contribution in [3.8, 4) is 0 Å². The van der Waals surface area contributed by atoms with Crippen LogP contribution in [-0.4, -0.2) is 32.5 Å². The molecule has 0 aliphatic heterocycles. The summed E-state index contributed by atoms with van der Waals surface area (Å²) >= 11 is 5.58. The summed E-state index contributed by atoms with van der Waals surface area (Å²) in [6.07, 6.45) is -4.62. The molecule has 0 saturated carbocycles. The van der Waals surface area contributed by atoms with Gasteiger partial charge in [0.25, 0.3) is 0 Å². The fourth-order valence-corrected chi connectivity index (χ4v) is 2.69. The highest BCUT2D eigenvalue weighted by Gasteiger charge is 2.35. The summed E-state index contributed by atoms with van der Waals surface area (Å²) in [7, 11) is -3.46. The molecule has 0 fully saturated rings. The number of sulfonamides is 1. The first-order chi connectivity index (χ1) is 8.04. The molecule has 102 valence electrons. The van der Waals surface area contributed by atoms with E-state index in [1.807, 2.05) is 0 Å². The fraction of sp³-hybridized carbons (Fsp3) is 0.333. The summed E-state index contributed by atoms with van der Waals surface area (Å²) in [5.74, 6) is 0. The predicted octanol–water partition coefficient (Wildman–Crippen LogP) is 2.10. The number of nitrogen functional groups attached to an aromatic ring is 1. The van der Waals surface area contributed by atoms with Crippen LogP contribution >= 0.6 is 11.6 Å². The van der Waals surface area contributed by atoms with E-state index in [2.05, 4.69) is 0 Å². The Kier molecular flexibility index (Phi) is 4.14. The first kappa shape index (κ1) is 15.1. The van der Waals surface area contributed by atoms with Crippen LogP contribution in [0, 0.1) is 0 Å². The summed E-state index contributed by atoms with van der Waals surface area (Å²) in [6, 6.07) is 3.47. The van der Waals surface area contributed by atoms with E-state index in [1.165, 1.54) is 6.07 Å². The Morgan fingerprint density at radius 2 is 1.94 bits per heavy atom. The third-order valence-corrected chi connectivity index (χ3v) is 4.17. The van der Waals surface area contributed by atoms with Crippen LogP contribution in [0.1, 0.15) is 0 Å². The van der Waals surface area contributed by atoms with Crippen molar-refractivity contribution >= 4 is 27.3 Å². The van der Waals surface area contributed by atoms with E-state index in [1.54, 1.807) is 0 Å². The van der Waals surface area contributed by atoms with Gasteiger partial charge in [0, 0.05) is 12.1 Å². The highest BCUT2D eigenvalue weighted by molar-refractivity contribution is 7.89. The number of benzene rings is 1. The van der Waals surface area contributed by atoms with Crippen LogP contribution in [0.4, 0.5) is 18.9 Å². The van der Waals surface area contributed by atoms with Gasteiger partial charge in [-0.1, -0.05) is 11.6 Å². The molecule has 0 bridgehead atoms. The molecular formula is C9H10ClF3N2O2S. The van der Waals surface area contributed by atoms with Gasteiger partial charge in [-0.25, -0.2) is 8.42 Å². The van der Waals surface area contributed by atoms with Crippen LogP contribution < -0.4 is 5.73 Å². The Labute approximate surface area is 107 Å². The smallest absolute Gasteiger partial charge is 0.398 e. The van der Waals surface area contributed by atoms with Gasteiger partial charge in [0.05, 0.1) is 5.69 Å². The molecule has 0 aliphatic rings. The van der Waals surface area contributed by atoms with Gasteiger partial charge >= 0.3 is 6.18 Å². The average molecular weight is 303 g/mol. The zero-order valence-electron chi connectivity index (χ0n) is 9.20. The zero-order chi connectivity index (χ0) is 14.1. The maximum absolute atomic E-state index is 12.2. The minimum atomic E-state index is -4.62. The molecule has 2 N–H and O–H groups in total. The Bertz CT molecular complexity index is 545. The standard InChI is InChI=1S/C9H10ClF3N2O2S/c1-15(5-9(11,12)13)18(16,17)8-3-2-6(10)4-7(8)14/h2-4H,5,14H2,1H3. The van der Waals surface area contributed by atoms with Gasteiger partial charge in [0.1, 0.15) is 11.4 Å². The van der Waals surface area contributed by atoms with E-state index in [4.69, 9.17) is 17.3 Å². The first-order valence-electron chi connectivity index (χ1n) is 4.62. The van der Waals surface area contributed by atoms with Crippen molar-refractivity contribution in [3.63, 3.8) is 0 Å². The highest BCUT2D eigenvalue weighted by atomic mass is 35.5. The van der Waals surface area contributed by atoms with Gasteiger partial charge in [-0.15, -0.1) is 0 Å². The number of alkyl halides is 3. The number of hydrogen-bond donors (Lipinski definition) is 1. The summed E-state index contributed by atoms with van der Waals surface area (Å²) in [6.45, 7) is -1.59. The van der Waals surface area contributed by atoms with Gasteiger partial charge in [-0.3, -0.25) is 0 Å². The number of hydrogen-bond acceptors (Lipinski definition) is 3. The molecule has 1 aromatic rings. The molecule has 1 aromatic carbocycles. The van der Waals surface area contributed by atoms with Gasteiger partial charge < -0.3 is 5.73 Å². The van der Waals surface area contributed by atoms with Gasteiger partial charge in [0.15, 0.2) is 0 Å². The molecule has 0 atom stereocenters. The molecule has 0 spiro atoms. The third-order valence-electron chi connectivity index (χ3n) is 2.06. The Morgan fingerprint density at radius 1 is 1.39 bits per heavy atom. The largest absolute Gasteiger partial charge is 0.402 e. The van der Waals surface area contributed by atoms with Crippen LogP contribution in [0.3, 0.4) is 0 Å². The normalized spacial score (nSPS) is 13.0. The lowest BCUT2D eigenvalue weighted by Crippen LogP contribution is -2.36. The van der Waals surface area contributed by atoms with Gasteiger partial charge in [-0.05, 0) is 18.2 Å². The zero-order valence-corrected chi connectivity index (χ0v) is 10.8. The Morgan fingerprint density at radius 3 is 2.39 bits per heavy atom. The number of halogens is 4. The van der Waals surface area contributed by atoms with Crippen LogP contribution in [0.15, 0.2) is 23.1 Å². The monoisotopic (exact) mass is 302 g/mol. The van der Waals surface area contributed by atoms with Crippen molar-refractivity contribution in [2.24, 2.45) is 0 Å². The Hall–Kier alpha value is -0.990. The molecule has 0 unspecified atom stereocenters. The fourth-order valence-electron chi connectivity index (χ4n) is 1.26. The summed E-state index contributed by atoms with van der Waals surface area (Å²) in [5.41, 5.74) is 5.24. The van der Waals surface area contributed by atoms with E-state index in [0.29, 0.717) is 0 Å². The van der Waals surface area contributed by atoms with Gasteiger partial charge in [0.2, 0.25) is 10.0 Å². The van der Waals surface area contributed by atoms with Crippen LogP contribution in [0.25, 0.3) is 0 Å². The molecule has 0 heterocycles.